The lowest BCUT2D eigenvalue weighted by atomic mass is 10.1. The van der Waals surface area contributed by atoms with Crippen LogP contribution < -0.4 is 40.2 Å². The van der Waals surface area contributed by atoms with E-state index in [0.717, 1.165) is 174 Å². The van der Waals surface area contributed by atoms with E-state index in [1.165, 1.54) is 16.7 Å². The number of benzene rings is 8. The van der Waals surface area contributed by atoms with E-state index in [9.17, 15) is 5.11 Å². The van der Waals surface area contributed by atoms with Crippen molar-refractivity contribution >= 4 is 65.7 Å². The Hall–Kier alpha value is -16.2. The topological polar surface area (TPSA) is 355 Å². The molecule has 21 rings (SSSR count). The van der Waals surface area contributed by atoms with Crippen LogP contribution in [0.2, 0.25) is 0 Å². The smallest absolute Gasteiger partial charge is 0.240 e. The molecule has 5 N–H and O–H groups in total. The quantitative estimate of drug-likeness (QED) is 0.0230. The highest BCUT2D eigenvalue weighted by Crippen LogP contribution is 2.34. The molecule has 21 aromatic rings. The van der Waals surface area contributed by atoms with Crippen LogP contribution in [-0.4, -0.2) is 136 Å². The van der Waals surface area contributed by atoms with Crippen LogP contribution in [0.4, 0.5) is 0 Å². The summed E-state index contributed by atoms with van der Waals surface area (Å²) in [5.74, 6) is 5.77. The summed E-state index contributed by atoms with van der Waals surface area (Å²) in [5, 5.41) is 88.5. The Morgan fingerprint density at radius 1 is 0.336 bits per heavy atom. The number of pyridine rings is 4. The van der Waals surface area contributed by atoms with Crippen LogP contribution in [0.5, 0.6) is 23.5 Å². The Kier molecular flexibility index (Phi) is 29.7. The van der Waals surface area contributed by atoms with Crippen molar-refractivity contribution in [3.63, 3.8) is 0 Å². The summed E-state index contributed by atoms with van der Waals surface area (Å²) in [6, 6.07) is 98.4. The van der Waals surface area contributed by atoms with Crippen molar-refractivity contribution in [2.75, 3.05) is 26.2 Å². The predicted octanol–water partition coefficient (Wildman–Crippen LogP) is 16.8. The van der Waals surface area contributed by atoms with Gasteiger partial charge in [-0.15, -0.1) is 61.2 Å². The first-order chi connectivity index (χ1) is 67.4. The van der Waals surface area contributed by atoms with E-state index in [-0.39, 0.29) is 12.5 Å². The van der Waals surface area contributed by atoms with Crippen LogP contribution in [0.3, 0.4) is 0 Å². The van der Waals surface area contributed by atoms with Crippen molar-refractivity contribution < 1.29 is 28.6 Å². The molecule has 31 nitrogen and oxygen atoms in total. The minimum Gasteiger partial charge on any atom is -0.470 e. The normalized spacial score (nSPS) is 11.6. The van der Waals surface area contributed by atoms with Gasteiger partial charge in [-0.1, -0.05) is 244 Å². The van der Waals surface area contributed by atoms with Crippen molar-refractivity contribution in [2.45, 2.75) is 125 Å². The van der Waals surface area contributed by atoms with Gasteiger partial charge < -0.3 is 49.8 Å². The van der Waals surface area contributed by atoms with Crippen LogP contribution in [0, 0.1) is 13.8 Å². The molecule has 0 amide bonds. The van der Waals surface area contributed by atoms with E-state index in [4.69, 9.17) is 58.7 Å². The molecule has 1 atom stereocenters. The molecule has 0 radical (unpaired) electrons. The van der Waals surface area contributed by atoms with Gasteiger partial charge in [-0.25, -0.2) is 0 Å². The highest BCUT2D eigenvalue weighted by Gasteiger charge is 2.23. The van der Waals surface area contributed by atoms with Gasteiger partial charge in [0, 0.05) is 94.2 Å². The molecule has 0 aliphatic heterocycles. The molecular formula is C106H103N25O6. The van der Waals surface area contributed by atoms with Gasteiger partial charge in [-0.3, -0.25) is 19.9 Å². The summed E-state index contributed by atoms with van der Waals surface area (Å²) in [4.78, 5) is 19.0. The Morgan fingerprint density at radius 2 is 0.672 bits per heavy atom. The predicted molar refractivity (Wildman–Crippen MR) is 525 cm³/mol. The lowest BCUT2D eigenvalue weighted by molar-refractivity contribution is 0.174. The Bertz CT molecular complexity index is 7590. The standard InChI is InChI=1S/C28H25N7O3.C27H28N6O.C26H26N6O.C25H24N6O/c1-18-14-24(34-38-18)27-32-31-26-22-12-5-6-13-23(22)28(33-35(26)27)37-17-21-11-7-10-20(30-21)15-29-16-25(36)19-8-3-2-4-9-19;1-19(2)25-30-31-26-23-13-6-7-14-24(23)27(32-33(25)26)34-18-22-12-8-11-21(29-22)17-28-16-15-20-9-4-3-5-10-20;1-2-24-29-30-25-22-13-6-7-14-23(22)26(31-32(24)25)33-18-21-12-8-11-20(28-21)17-27-16-15-19-9-4-3-5-10-19;1-18-28-29-24-22-12-5-6-13-23(22)25(30-31(18)24)32-17-21-11-7-10-20(27-21)16-26-15-14-19-8-3-2-4-9-19/h2-14,25,29,36H,15-17H2,1H3;3-14,19,28H,15-18H2,1-2H3;3-14,27H,2,15-18H2,1H3;2-13,26H,14-17H2,1H3. The van der Waals surface area contributed by atoms with Crippen LogP contribution in [-0.2, 0) is 78.3 Å². The number of hydrogen-bond acceptors (Lipinski definition) is 27. The van der Waals surface area contributed by atoms with Crippen LogP contribution in [0.25, 0.3) is 77.2 Å². The van der Waals surface area contributed by atoms with Crippen LogP contribution in [0.1, 0.15) is 124 Å². The first-order valence-corrected chi connectivity index (χ1v) is 45.9. The van der Waals surface area contributed by atoms with E-state index >= 15 is 0 Å². The van der Waals surface area contributed by atoms with Crippen LogP contribution in [0.15, 0.2) is 302 Å². The number of hydrogen-bond donors (Lipinski definition) is 5. The van der Waals surface area contributed by atoms with Gasteiger partial charge in [-0.05, 0) is 148 Å². The molecular weight excluding hydrogens is 1720 g/mol. The number of rotatable bonds is 35. The van der Waals surface area contributed by atoms with Gasteiger partial charge in [0.25, 0.3) is 0 Å². The SMILES string of the molecule is CC(C)c1nnc2c3ccccc3c(OCc3cccc(CNCCc4ccccc4)n3)nn12.CCc1nnc2c3ccccc3c(OCc3cccc(CNCCc4ccccc4)n3)nn12.Cc1cc(-c2nnc3c4ccccc4c(OCc4cccc(CNCC(O)c5ccccc5)n4)nn23)no1.Cc1nnc2c3ccccc3c(OCc3cccc(CNCCc4ccccc4)n3)nn12. The second-order valence-electron chi connectivity index (χ2n) is 33.1. The molecule has 0 fully saturated rings. The van der Waals surface area contributed by atoms with Crippen molar-refractivity contribution in [1.29, 1.82) is 0 Å². The van der Waals surface area contributed by atoms with Crippen molar-refractivity contribution in [3.8, 4) is 35.0 Å². The summed E-state index contributed by atoms with van der Waals surface area (Å²) in [6.45, 7) is 16.9. The summed E-state index contributed by atoms with van der Waals surface area (Å²) in [6.07, 6.45) is 3.14. The Morgan fingerprint density at radius 3 is 1.08 bits per heavy atom. The highest BCUT2D eigenvalue weighted by atomic mass is 16.5. The number of fused-ring (bicyclic) bond motifs is 12. The minimum atomic E-state index is -0.583. The molecule has 13 aromatic heterocycles. The van der Waals surface area contributed by atoms with Crippen LogP contribution >= 0.6 is 0 Å². The summed E-state index contributed by atoms with van der Waals surface area (Å²) in [7, 11) is 0. The molecule has 0 saturated carbocycles. The molecule has 0 bridgehead atoms. The molecule has 0 spiro atoms. The molecule has 8 aromatic carbocycles. The molecule has 0 aliphatic rings. The van der Waals surface area contributed by atoms with Gasteiger partial charge in [0.1, 0.15) is 32.2 Å². The number of nitrogens with one attached hydrogen (secondary N) is 4. The Labute approximate surface area is 789 Å². The number of aliphatic hydroxyl groups is 1. The summed E-state index contributed by atoms with van der Waals surface area (Å²) < 4.78 is 36.8. The fraction of sp³-hybridized carbons (Fsp3) is 0.217. The third-order valence-corrected chi connectivity index (χ3v) is 22.8. The highest BCUT2D eigenvalue weighted by molar-refractivity contribution is 5.99. The van der Waals surface area contributed by atoms with E-state index < -0.39 is 6.10 Å². The molecule has 31 heteroatoms. The number of nitrogens with zero attached hydrogens (tertiary/aromatic N) is 21. The second kappa shape index (κ2) is 44.6. The fourth-order valence-corrected chi connectivity index (χ4v) is 15.8. The maximum atomic E-state index is 10.4. The zero-order valence-electron chi connectivity index (χ0n) is 76.6. The van der Waals surface area contributed by atoms with Gasteiger partial charge >= 0.3 is 0 Å². The van der Waals surface area contributed by atoms with Gasteiger partial charge in [0.2, 0.25) is 29.3 Å². The minimum absolute atomic E-state index is 0.198. The molecule has 0 aliphatic carbocycles. The first kappa shape index (κ1) is 91.3. The molecule has 688 valence electrons. The maximum absolute atomic E-state index is 10.4. The van der Waals surface area contributed by atoms with Gasteiger partial charge in [0.15, 0.2) is 45.8 Å². The van der Waals surface area contributed by atoms with Crippen molar-refractivity contribution in [2.24, 2.45) is 0 Å². The van der Waals surface area contributed by atoms with Crippen molar-refractivity contribution in [3.05, 3.63) is 388 Å². The number of ether oxygens (including phenoxy) is 4. The third kappa shape index (κ3) is 22.8. The van der Waals surface area contributed by atoms with E-state index in [1.54, 1.807) is 24.1 Å². The summed E-state index contributed by atoms with van der Waals surface area (Å²) in [5.41, 5.74) is 15.4. The fourth-order valence-electron chi connectivity index (χ4n) is 15.8. The second-order valence-corrected chi connectivity index (χ2v) is 33.1. The third-order valence-electron chi connectivity index (χ3n) is 22.8. The summed E-state index contributed by atoms with van der Waals surface area (Å²) >= 11 is 0. The van der Waals surface area contributed by atoms with E-state index in [1.807, 2.05) is 239 Å². The largest absolute Gasteiger partial charge is 0.470 e. The average molecular weight is 1820 g/mol. The number of aryl methyl sites for hydroxylation is 3. The first-order valence-electron chi connectivity index (χ1n) is 45.9. The lowest BCUT2D eigenvalue weighted by Gasteiger charge is -2.13. The number of aromatic nitrogens is 21. The van der Waals surface area contributed by atoms with E-state index in [0.29, 0.717) is 99.0 Å². The maximum Gasteiger partial charge on any atom is 0.240 e. The molecule has 1 unspecified atom stereocenters. The lowest BCUT2D eigenvalue weighted by Crippen LogP contribution is -2.21. The zero-order valence-corrected chi connectivity index (χ0v) is 76.6. The Balaban J connectivity index is 0.000000122. The molecule has 137 heavy (non-hydrogen) atoms. The zero-order chi connectivity index (χ0) is 93.4. The average Bonchev–Trinajstić information content (AvgIpc) is 1.63. The van der Waals surface area contributed by atoms with Gasteiger partial charge in [0.05, 0.1) is 51.7 Å². The van der Waals surface area contributed by atoms with Gasteiger partial charge in [-0.2, -0.15) is 18.1 Å². The molecule has 13 heterocycles. The molecule has 0 saturated heterocycles. The monoisotopic (exact) mass is 1820 g/mol. The van der Waals surface area contributed by atoms with Crippen molar-refractivity contribution in [1.82, 2.24) is 126 Å². The van der Waals surface area contributed by atoms with E-state index in [2.05, 4.69) is 159 Å². The number of aliphatic hydroxyl groups excluding tert-OH is 1.